The van der Waals surface area contributed by atoms with Gasteiger partial charge in [0.15, 0.2) is 17.3 Å². The highest BCUT2D eigenvalue weighted by Gasteiger charge is 2.24. The molecule has 4 heterocycles. The first kappa shape index (κ1) is 18.0. The fourth-order valence-electron chi connectivity index (χ4n) is 4.46. The molecule has 8 heteroatoms. The molecule has 0 fully saturated rings. The first-order chi connectivity index (χ1) is 15.2. The molecule has 2 N–H and O–H groups in total. The van der Waals surface area contributed by atoms with E-state index in [0.717, 1.165) is 19.3 Å². The maximum absolute atomic E-state index is 13.7. The summed E-state index contributed by atoms with van der Waals surface area (Å²) in [7, 11) is 1.89. The lowest BCUT2D eigenvalue weighted by Crippen LogP contribution is -2.27. The number of hydrogen-bond donors (Lipinski definition) is 2. The first-order valence-electron chi connectivity index (χ1n) is 10.3. The molecule has 0 unspecified atom stereocenters. The van der Waals surface area contributed by atoms with Crippen molar-refractivity contribution in [1.82, 2.24) is 29.5 Å². The lowest BCUT2D eigenvalue weighted by molar-refractivity contribution is 0.606. The van der Waals surface area contributed by atoms with Crippen LogP contribution in [0.3, 0.4) is 0 Å². The number of anilines is 1. The second kappa shape index (κ2) is 6.87. The third kappa shape index (κ3) is 3.02. The lowest BCUT2D eigenvalue weighted by atomic mass is 9.91. The number of fused-ring (bicyclic) bond motifs is 4. The van der Waals surface area contributed by atoms with Crippen LogP contribution in [0.4, 0.5) is 10.2 Å². The molecule has 0 aliphatic heterocycles. The van der Waals surface area contributed by atoms with Crippen molar-refractivity contribution in [2.24, 2.45) is 7.05 Å². The number of benzene rings is 1. The first-order valence-corrected chi connectivity index (χ1v) is 10.3. The zero-order valence-electron chi connectivity index (χ0n) is 16.9. The van der Waals surface area contributed by atoms with Crippen LogP contribution in [0.25, 0.3) is 33.5 Å². The van der Waals surface area contributed by atoms with Crippen molar-refractivity contribution in [2.75, 3.05) is 5.32 Å². The summed E-state index contributed by atoms with van der Waals surface area (Å²) in [4.78, 5) is 21.3. The smallest absolute Gasteiger partial charge is 0.165 e. The minimum atomic E-state index is -0.417. The van der Waals surface area contributed by atoms with Crippen LogP contribution < -0.4 is 5.32 Å². The van der Waals surface area contributed by atoms with E-state index >= 15 is 0 Å². The van der Waals surface area contributed by atoms with E-state index in [1.54, 1.807) is 12.5 Å². The zero-order chi connectivity index (χ0) is 20.9. The third-order valence-corrected chi connectivity index (χ3v) is 5.96. The SMILES string of the molecule is Cn1cnc2c(N[C@@H]3CCc4[nH]c5ccccc5c4C3)nc(-c3cncc(F)c3)nc21. The summed E-state index contributed by atoms with van der Waals surface area (Å²) in [5.41, 5.74) is 5.80. The minimum absolute atomic E-state index is 0.213. The fraction of sp³-hybridized carbons (Fsp3) is 0.217. The van der Waals surface area contributed by atoms with Gasteiger partial charge in [0.25, 0.3) is 0 Å². The Labute approximate surface area is 177 Å². The van der Waals surface area contributed by atoms with Crippen molar-refractivity contribution in [3.63, 3.8) is 0 Å². The van der Waals surface area contributed by atoms with Gasteiger partial charge in [-0.05, 0) is 37.0 Å². The van der Waals surface area contributed by atoms with E-state index in [2.05, 4.69) is 49.5 Å². The predicted molar refractivity (Wildman–Crippen MR) is 117 cm³/mol. The maximum atomic E-state index is 13.7. The monoisotopic (exact) mass is 413 g/mol. The number of imidazole rings is 1. The summed E-state index contributed by atoms with van der Waals surface area (Å²) in [6.45, 7) is 0. The fourth-order valence-corrected chi connectivity index (χ4v) is 4.46. The maximum Gasteiger partial charge on any atom is 0.165 e. The Morgan fingerprint density at radius 3 is 3.00 bits per heavy atom. The zero-order valence-corrected chi connectivity index (χ0v) is 16.9. The summed E-state index contributed by atoms with van der Waals surface area (Å²) >= 11 is 0. The molecule has 5 aromatic rings. The normalized spacial score (nSPS) is 16.0. The van der Waals surface area contributed by atoms with Crippen LogP contribution in [-0.4, -0.2) is 35.5 Å². The Morgan fingerprint density at radius 1 is 1.19 bits per heavy atom. The van der Waals surface area contributed by atoms with Gasteiger partial charge >= 0.3 is 0 Å². The molecule has 1 aromatic carbocycles. The van der Waals surface area contributed by atoms with E-state index in [-0.39, 0.29) is 6.04 Å². The van der Waals surface area contributed by atoms with E-state index in [4.69, 9.17) is 4.98 Å². The van der Waals surface area contributed by atoms with Crippen LogP contribution in [0.1, 0.15) is 17.7 Å². The standard InChI is InChI=1S/C23H20FN7/c1-31-12-26-20-22(29-21(30-23(20)31)13-8-14(24)11-25-10-13)27-15-6-7-19-17(9-15)16-4-2-3-5-18(16)28-19/h2-5,8,10-12,15,28H,6-7,9H2,1H3,(H,27,29,30)/t15-/m1/s1. The topological polar surface area (TPSA) is 84.3 Å². The summed E-state index contributed by atoms with van der Waals surface area (Å²) in [5.74, 6) is 0.673. The number of nitrogens with zero attached hydrogens (tertiary/aromatic N) is 5. The second-order valence-electron chi connectivity index (χ2n) is 8.03. The number of aryl methyl sites for hydroxylation is 2. The van der Waals surface area contributed by atoms with Crippen LogP contribution in [0.2, 0.25) is 0 Å². The van der Waals surface area contributed by atoms with Gasteiger partial charge in [-0.3, -0.25) is 4.98 Å². The number of pyridine rings is 1. The van der Waals surface area contributed by atoms with Gasteiger partial charge in [0.05, 0.1) is 12.5 Å². The molecule has 1 aliphatic rings. The van der Waals surface area contributed by atoms with Crippen molar-refractivity contribution < 1.29 is 4.39 Å². The molecule has 0 radical (unpaired) electrons. The third-order valence-electron chi connectivity index (χ3n) is 5.96. The highest BCUT2D eigenvalue weighted by molar-refractivity contribution is 5.86. The van der Waals surface area contributed by atoms with E-state index < -0.39 is 5.82 Å². The van der Waals surface area contributed by atoms with Gasteiger partial charge in [0, 0.05) is 41.4 Å². The molecular weight excluding hydrogens is 393 g/mol. The summed E-state index contributed by atoms with van der Waals surface area (Å²) in [6.07, 6.45) is 7.31. The molecule has 0 saturated carbocycles. The molecule has 0 bridgehead atoms. The number of halogens is 1. The van der Waals surface area contributed by atoms with Crippen molar-refractivity contribution >= 4 is 27.9 Å². The van der Waals surface area contributed by atoms with Gasteiger partial charge in [-0.1, -0.05) is 18.2 Å². The Balaban J connectivity index is 1.39. The second-order valence-corrected chi connectivity index (χ2v) is 8.03. The number of aromatic nitrogens is 6. The lowest BCUT2D eigenvalue weighted by Gasteiger charge is -2.24. The Morgan fingerprint density at radius 2 is 2.10 bits per heavy atom. The van der Waals surface area contributed by atoms with Crippen molar-refractivity contribution in [2.45, 2.75) is 25.3 Å². The average Bonchev–Trinajstić information content (AvgIpc) is 3.34. The highest BCUT2D eigenvalue weighted by atomic mass is 19.1. The summed E-state index contributed by atoms with van der Waals surface area (Å²) < 4.78 is 15.6. The Bertz CT molecular complexity index is 1430. The van der Waals surface area contributed by atoms with E-state index in [1.807, 2.05) is 11.6 Å². The Kier molecular flexibility index (Phi) is 3.99. The van der Waals surface area contributed by atoms with E-state index in [9.17, 15) is 4.39 Å². The number of aromatic amines is 1. The predicted octanol–water partition coefficient (Wildman–Crippen LogP) is 4.02. The van der Waals surface area contributed by atoms with Gasteiger partial charge in [-0.15, -0.1) is 0 Å². The Hall–Kier alpha value is -3.81. The molecule has 4 aromatic heterocycles. The largest absolute Gasteiger partial charge is 0.365 e. The van der Waals surface area contributed by atoms with Crippen LogP contribution >= 0.6 is 0 Å². The quantitative estimate of drug-likeness (QED) is 0.467. The number of H-pyrrole nitrogens is 1. The van der Waals surface area contributed by atoms with Crippen molar-refractivity contribution in [3.05, 3.63) is 66.1 Å². The minimum Gasteiger partial charge on any atom is -0.365 e. The highest BCUT2D eigenvalue weighted by Crippen LogP contribution is 2.31. The van der Waals surface area contributed by atoms with E-state index in [1.165, 1.54) is 34.4 Å². The van der Waals surface area contributed by atoms with Gasteiger partial charge in [-0.2, -0.15) is 0 Å². The molecule has 1 aliphatic carbocycles. The summed E-state index contributed by atoms with van der Waals surface area (Å²) in [5, 5.41) is 4.88. The van der Waals surface area contributed by atoms with Gasteiger partial charge in [-0.25, -0.2) is 19.3 Å². The van der Waals surface area contributed by atoms with Crippen LogP contribution in [0.5, 0.6) is 0 Å². The number of rotatable bonds is 3. The molecule has 31 heavy (non-hydrogen) atoms. The van der Waals surface area contributed by atoms with E-state index in [0.29, 0.717) is 28.4 Å². The van der Waals surface area contributed by atoms with Crippen molar-refractivity contribution in [3.8, 4) is 11.4 Å². The van der Waals surface area contributed by atoms with Gasteiger partial charge in [0.1, 0.15) is 11.3 Å². The molecule has 7 nitrogen and oxygen atoms in total. The molecule has 154 valence electrons. The molecule has 0 amide bonds. The van der Waals surface area contributed by atoms with Crippen LogP contribution in [0, 0.1) is 5.82 Å². The van der Waals surface area contributed by atoms with Gasteiger partial charge < -0.3 is 14.9 Å². The molecule has 0 spiro atoms. The number of hydrogen-bond acceptors (Lipinski definition) is 5. The summed E-state index contributed by atoms with van der Waals surface area (Å²) in [6, 6.07) is 10.0. The van der Waals surface area contributed by atoms with Crippen LogP contribution in [-0.2, 0) is 19.9 Å². The number of para-hydroxylation sites is 1. The van der Waals surface area contributed by atoms with Crippen LogP contribution in [0.15, 0.2) is 49.1 Å². The molecule has 6 rings (SSSR count). The van der Waals surface area contributed by atoms with Gasteiger partial charge in [0.2, 0.25) is 0 Å². The average molecular weight is 413 g/mol. The molecular formula is C23H20FN7. The van der Waals surface area contributed by atoms with Crippen molar-refractivity contribution in [1.29, 1.82) is 0 Å². The molecule has 1 atom stereocenters. The number of nitrogens with one attached hydrogen (secondary N) is 2. The molecule has 0 saturated heterocycles.